The van der Waals surface area contributed by atoms with E-state index in [4.69, 9.17) is 5.11 Å². The SMILES string of the molecule is CC(CO)NC(=O)c1cc([N+](=O)[O-])ccc1N1CCCCC1. The standard InChI is InChI=1S/C15H21N3O4/c1-11(10-19)16-15(20)13-9-12(18(21)22)5-6-14(13)17-7-3-2-4-8-17/h5-6,9,11,19H,2-4,7-8,10H2,1H3,(H,16,20). The summed E-state index contributed by atoms with van der Waals surface area (Å²) in [6.45, 7) is 3.18. The number of piperidine rings is 1. The third-order valence-corrected chi connectivity index (χ3v) is 3.78. The van der Waals surface area contributed by atoms with Crippen molar-refractivity contribution in [2.45, 2.75) is 32.2 Å². The van der Waals surface area contributed by atoms with Crippen molar-refractivity contribution in [3.8, 4) is 0 Å². The normalized spacial score (nSPS) is 16.2. The minimum atomic E-state index is -0.508. The van der Waals surface area contributed by atoms with Crippen LogP contribution >= 0.6 is 0 Å². The van der Waals surface area contributed by atoms with Crippen LogP contribution in [0.25, 0.3) is 0 Å². The van der Waals surface area contributed by atoms with Crippen molar-refractivity contribution in [3.05, 3.63) is 33.9 Å². The number of rotatable bonds is 5. The molecule has 1 amide bonds. The van der Waals surface area contributed by atoms with Crippen LogP contribution in [-0.2, 0) is 0 Å². The van der Waals surface area contributed by atoms with E-state index >= 15 is 0 Å². The number of anilines is 1. The molecule has 7 nitrogen and oxygen atoms in total. The van der Waals surface area contributed by atoms with Crippen molar-refractivity contribution in [3.63, 3.8) is 0 Å². The van der Waals surface area contributed by atoms with Gasteiger partial charge < -0.3 is 15.3 Å². The summed E-state index contributed by atoms with van der Waals surface area (Å²) in [4.78, 5) is 24.9. The number of amides is 1. The Morgan fingerprint density at radius 3 is 2.68 bits per heavy atom. The highest BCUT2D eigenvalue weighted by atomic mass is 16.6. The van der Waals surface area contributed by atoms with Crippen molar-refractivity contribution in [1.82, 2.24) is 5.32 Å². The molecule has 1 aliphatic rings. The van der Waals surface area contributed by atoms with Crippen LogP contribution in [0.1, 0.15) is 36.5 Å². The van der Waals surface area contributed by atoms with Gasteiger partial charge in [0.15, 0.2) is 0 Å². The molecule has 1 fully saturated rings. The molecule has 2 rings (SSSR count). The fourth-order valence-corrected chi connectivity index (χ4v) is 2.58. The number of non-ortho nitro benzene ring substituents is 1. The lowest BCUT2D eigenvalue weighted by Crippen LogP contribution is -2.37. The number of nitro groups is 1. The second-order valence-corrected chi connectivity index (χ2v) is 5.56. The third kappa shape index (κ3) is 3.73. The van der Waals surface area contributed by atoms with Crippen LogP contribution in [0.5, 0.6) is 0 Å². The van der Waals surface area contributed by atoms with Gasteiger partial charge in [-0.05, 0) is 32.3 Å². The third-order valence-electron chi connectivity index (χ3n) is 3.78. The number of carbonyl (C=O) groups is 1. The number of aliphatic hydroxyl groups is 1. The summed E-state index contributed by atoms with van der Waals surface area (Å²) in [6, 6.07) is 3.97. The van der Waals surface area contributed by atoms with Gasteiger partial charge in [0.1, 0.15) is 0 Å². The Labute approximate surface area is 129 Å². The van der Waals surface area contributed by atoms with E-state index in [1.54, 1.807) is 13.0 Å². The maximum absolute atomic E-state index is 12.4. The molecule has 0 radical (unpaired) electrons. The fraction of sp³-hybridized carbons (Fsp3) is 0.533. The molecule has 0 aliphatic carbocycles. The van der Waals surface area contributed by atoms with Crippen LogP contribution in [0, 0.1) is 10.1 Å². The van der Waals surface area contributed by atoms with Crippen molar-refractivity contribution >= 4 is 17.3 Å². The van der Waals surface area contributed by atoms with Gasteiger partial charge in [0.25, 0.3) is 11.6 Å². The first kappa shape index (κ1) is 16.2. The van der Waals surface area contributed by atoms with E-state index in [1.807, 2.05) is 0 Å². The summed E-state index contributed by atoms with van der Waals surface area (Å²) < 4.78 is 0. The summed E-state index contributed by atoms with van der Waals surface area (Å²) in [7, 11) is 0. The maximum atomic E-state index is 12.4. The smallest absolute Gasteiger partial charge is 0.270 e. The number of nitrogens with zero attached hydrogens (tertiary/aromatic N) is 2. The second-order valence-electron chi connectivity index (χ2n) is 5.56. The molecule has 120 valence electrons. The first-order valence-electron chi connectivity index (χ1n) is 7.48. The van der Waals surface area contributed by atoms with Crippen LogP contribution < -0.4 is 10.2 Å². The van der Waals surface area contributed by atoms with Gasteiger partial charge in [-0.1, -0.05) is 0 Å². The van der Waals surface area contributed by atoms with E-state index in [0.717, 1.165) is 32.4 Å². The largest absolute Gasteiger partial charge is 0.394 e. The Bertz CT molecular complexity index is 556. The molecular weight excluding hydrogens is 286 g/mol. The zero-order valence-electron chi connectivity index (χ0n) is 12.6. The lowest BCUT2D eigenvalue weighted by atomic mass is 10.1. The van der Waals surface area contributed by atoms with Crippen LogP contribution in [0.3, 0.4) is 0 Å². The average molecular weight is 307 g/mol. The predicted molar refractivity (Wildman–Crippen MR) is 83.2 cm³/mol. The van der Waals surface area contributed by atoms with Gasteiger partial charge in [0.2, 0.25) is 0 Å². The summed E-state index contributed by atoms with van der Waals surface area (Å²) in [5.41, 5.74) is 0.895. The Morgan fingerprint density at radius 2 is 2.09 bits per heavy atom. The fourth-order valence-electron chi connectivity index (χ4n) is 2.58. The molecule has 1 heterocycles. The van der Waals surface area contributed by atoms with Gasteiger partial charge in [-0.2, -0.15) is 0 Å². The van der Waals surface area contributed by atoms with Gasteiger partial charge in [-0.3, -0.25) is 14.9 Å². The number of nitro benzene ring substituents is 1. The number of hydrogen-bond acceptors (Lipinski definition) is 5. The summed E-state index contributed by atoms with van der Waals surface area (Å²) in [5.74, 6) is -0.397. The van der Waals surface area contributed by atoms with Gasteiger partial charge >= 0.3 is 0 Å². The highest BCUT2D eigenvalue weighted by Gasteiger charge is 2.22. The Hall–Kier alpha value is -2.15. The first-order valence-corrected chi connectivity index (χ1v) is 7.48. The van der Waals surface area contributed by atoms with E-state index in [0.29, 0.717) is 5.69 Å². The van der Waals surface area contributed by atoms with Gasteiger partial charge in [-0.25, -0.2) is 0 Å². The number of benzene rings is 1. The zero-order valence-corrected chi connectivity index (χ0v) is 12.6. The molecule has 0 saturated carbocycles. The van der Waals surface area contributed by atoms with E-state index in [9.17, 15) is 14.9 Å². The molecule has 0 aromatic heterocycles. The summed E-state index contributed by atoms with van der Waals surface area (Å²) in [5, 5.41) is 22.7. The minimum Gasteiger partial charge on any atom is -0.394 e. The molecule has 1 atom stereocenters. The highest BCUT2D eigenvalue weighted by molar-refractivity contribution is 6.00. The van der Waals surface area contributed by atoms with E-state index in [-0.39, 0.29) is 17.9 Å². The van der Waals surface area contributed by atoms with E-state index < -0.39 is 16.9 Å². The predicted octanol–water partition coefficient (Wildman–Crippen LogP) is 1.70. The van der Waals surface area contributed by atoms with E-state index in [1.165, 1.54) is 12.1 Å². The Morgan fingerprint density at radius 1 is 1.41 bits per heavy atom. The topological polar surface area (TPSA) is 95.7 Å². The molecule has 1 saturated heterocycles. The van der Waals surface area contributed by atoms with Crippen LogP contribution in [0.2, 0.25) is 0 Å². The van der Waals surface area contributed by atoms with Crippen molar-refractivity contribution in [2.24, 2.45) is 0 Å². The molecule has 1 aliphatic heterocycles. The molecule has 7 heteroatoms. The molecule has 2 N–H and O–H groups in total. The molecule has 1 unspecified atom stereocenters. The maximum Gasteiger partial charge on any atom is 0.270 e. The molecule has 0 bridgehead atoms. The molecule has 1 aromatic carbocycles. The van der Waals surface area contributed by atoms with Crippen molar-refractivity contribution < 1.29 is 14.8 Å². The monoisotopic (exact) mass is 307 g/mol. The minimum absolute atomic E-state index is 0.109. The number of nitrogens with one attached hydrogen (secondary N) is 1. The van der Waals surface area contributed by atoms with Crippen LogP contribution in [0.4, 0.5) is 11.4 Å². The summed E-state index contributed by atoms with van der Waals surface area (Å²) >= 11 is 0. The van der Waals surface area contributed by atoms with Gasteiger partial charge in [0.05, 0.1) is 22.8 Å². The highest BCUT2D eigenvalue weighted by Crippen LogP contribution is 2.28. The second kappa shape index (κ2) is 7.22. The van der Waals surface area contributed by atoms with Crippen LogP contribution in [-0.4, -0.2) is 41.7 Å². The zero-order chi connectivity index (χ0) is 16.1. The number of aliphatic hydroxyl groups excluding tert-OH is 1. The Kier molecular flexibility index (Phi) is 5.32. The molecule has 1 aromatic rings. The molecular formula is C15H21N3O4. The molecule has 0 spiro atoms. The lowest BCUT2D eigenvalue weighted by Gasteiger charge is -2.30. The average Bonchev–Trinajstić information content (AvgIpc) is 2.54. The first-order chi connectivity index (χ1) is 10.5. The van der Waals surface area contributed by atoms with E-state index in [2.05, 4.69) is 10.2 Å². The van der Waals surface area contributed by atoms with Gasteiger partial charge in [-0.15, -0.1) is 0 Å². The van der Waals surface area contributed by atoms with Crippen LogP contribution in [0.15, 0.2) is 18.2 Å². The van der Waals surface area contributed by atoms with Crippen molar-refractivity contribution in [1.29, 1.82) is 0 Å². The number of carbonyl (C=O) groups excluding carboxylic acids is 1. The molecule has 22 heavy (non-hydrogen) atoms. The van der Waals surface area contributed by atoms with Crippen molar-refractivity contribution in [2.75, 3.05) is 24.6 Å². The lowest BCUT2D eigenvalue weighted by molar-refractivity contribution is -0.384. The quantitative estimate of drug-likeness (QED) is 0.637. The van der Waals surface area contributed by atoms with Gasteiger partial charge in [0, 0.05) is 31.3 Å². The Balaban J connectivity index is 2.34. The summed E-state index contributed by atoms with van der Waals surface area (Å²) in [6.07, 6.45) is 3.25. The number of hydrogen-bond donors (Lipinski definition) is 2.